The van der Waals surface area contributed by atoms with Crippen LogP contribution < -0.4 is 5.32 Å². The number of carbonyl (C=O) groups excluding carboxylic acids is 1. The number of anilines is 1. The van der Waals surface area contributed by atoms with E-state index in [0.717, 1.165) is 15.8 Å². The predicted octanol–water partition coefficient (Wildman–Crippen LogP) is 3.28. The second-order valence-corrected chi connectivity index (χ2v) is 5.29. The van der Waals surface area contributed by atoms with E-state index in [1.54, 1.807) is 29.4 Å². The Bertz CT molecular complexity index is 736. The summed E-state index contributed by atoms with van der Waals surface area (Å²) in [6.45, 7) is 0. The average molecular weight is 343 g/mol. The van der Waals surface area contributed by atoms with Gasteiger partial charge < -0.3 is 5.32 Å². The van der Waals surface area contributed by atoms with E-state index in [1.807, 2.05) is 36.4 Å². The van der Waals surface area contributed by atoms with E-state index in [4.69, 9.17) is 0 Å². The minimum absolute atomic E-state index is 0.146. The highest BCUT2D eigenvalue weighted by Gasteiger charge is 2.06. The molecule has 1 heterocycles. The molecule has 0 aliphatic rings. The monoisotopic (exact) mass is 342 g/mol. The number of carbonyl (C=O) groups is 1. The summed E-state index contributed by atoms with van der Waals surface area (Å²) in [6.07, 6.45) is 3.22. The number of benzene rings is 2. The molecule has 0 atom stereocenters. The fourth-order valence-corrected chi connectivity index (χ4v) is 2.12. The first kappa shape index (κ1) is 13.5. The molecule has 5 nitrogen and oxygen atoms in total. The number of nitrogens with zero attached hydrogens (tertiary/aromatic N) is 3. The molecule has 104 valence electrons. The van der Waals surface area contributed by atoms with E-state index < -0.39 is 0 Å². The van der Waals surface area contributed by atoms with Crippen molar-refractivity contribution >= 4 is 27.5 Å². The molecular weight excluding hydrogens is 332 g/mol. The molecule has 3 aromatic rings. The molecule has 1 aromatic heterocycles. The first-order valence-corrected chi connectivity index (χ1v) is 7.04. The number of nitrogens with one attached hydrogen (secondary N) is 1. The van der Waals surface area contributed by atoms with E-state index in [9.17, 15) is 4.79 Å². The molecule has 0 bridgehead atoms. The van der Waals surface area contributed by atoms with Crippen LogP contribution in [-0.2, 0) is 0 Å². The van der Waals surface area contributed by atoms with Crippen LogP contribution in [0.25, 0.3) is 5.69 Å². The molecule has 1 N–H and O–H groups in total. The van der Waals surface area contributed by atoms with Crippen LogP contribution in [0.4, 0.5) is 5.69 Å². The van der Waals surface area contributed by atoms with Gasteiger partial charge in [0.25, 0.3) is 5.91 Å². The van der Waals surface area contributed by atoms with Crippen molar-refractivity contribution in [3.63, 3.8) is 0 Å². The summed E-state index contributed by atoms with van der Waals surface area (Å²) in [5.74, 6) is -0.146. The summed E-state index contributed by atoms with van der Waals surface area (Å²) in [7, 11) is 0. The topological polar surface area (TPSA) is 59.8 Å². The number of hydrogen-bond donors (Lipinski definition) is 1. The van der Waals surface area contributed by atoms with Gasteiger partial charge in [-0.05, 0) is 48.5 Å². The highest BCUT2D eigenvalue weighted by Crippen LogP contribution is 2.15. The second kappa shape index (κ2) is 5.88. The van der Waals surface area contributed by atoms with Crippen LogP contribution >= 0.6 is 15.9 Å². The Morgan fingerprint density at radius 2 is 1.57 bits per heavy atom. The fraction of sp³-hybridized carbons (Fsp3) is 0. The van der Waals surface area contributed by atoms with Crippen LogP contribution in [-0.4, -0.2) is 20.7 Å². The van der Waals surface area contributed by atoms with E-state index in [1.165, 1.54) is 0 Å². The van der Waals surface area contributed by atoms with Crippen molar-refractivity contribution in [1.29, 1.82) is 0 Å². The molecule has 0 unspecified atom stereocenters. The lowest BCUT2D eigenvalue weighted by Gasteiger charge is -2.06. The molecule has 0 spiro atoms. The zero-order valence-corrected chi connectivity index (χ0v) is 12.5. The van der Waals surface area contributed by atoms with Crippen molar-refractivity contribution in [3.05, 3.63) is 71.2 Å². The van der Waals surface area contributed by atoms with Crippen molar-refractivity contribution < 1.29 is 4.79 Å². The highest BCUT2D eigenvalue weighted by atomic mass is 79.9. The largest absolute Gasteiger partial charge is 0.322 e. The first-order valence-electron chi connectivity index (χ1n) is 6.24. The molecule has 1 amide bonds. The van der Waals surface area contributed by atoms with Crippen molar-refractivity contribution in [3.8, 4) is 5.69 Å². The van der Waals surface area contributed by atoms with Crippen LogP contribution in [0.15, 0.2) is 65.7 Å². The molecule has 0 aliphatic heterocycles. The maximum Gasteiger partial charge on any atom is 0.255 e. The van der Waals surface area contributed by atoms with E-state index in [0.29, 0.717) is 5.56 Å². The standard InChI is InChI=1S/C15H11BrN4O/c16-12-3-5-13(6-4-12)19-15(21)11-1-7-14(8-2-11)20-9-17-18-10-20/h1-10H,(H,19,21). The molecule has 21 heavy (non-hydrogen) atoms. The lowest BCUT2D eigenvalue weighted by molar-refractivity contribution is 0.102. The van der Waals surface area contributed by atoms with Crippen molar-refractivity contribution in [2.75, 3.05) is 5.32 Å². The second-order valence-electron chi connectivity index (χ2n) is 4.38. The van der Waals surface area contributed by atoms with Crippen molar-refractivity contribution in [2.24, 2.45) is 0 Å². The van der Waals surface area contributed by atoms with E-state index in [-0.39, 0.29) is 5.91 Å². The van der Waals surface area contributed by atoms with Gasteiger partial charge in [0.15, 0.2) is 0 Å². The summed E-state index contributed by atoms with van der Waals surface area (Å²) >= 11 is 3.36. The quantitative estimate of drug-likeness (QED) is 0.794. The van der Waals surface area contributed by atoms with Crippen LogP contribution in [0.3, 0.4) is 0 Å². The molecule has 0 aliphatic carbocycles. The third-order valence-corrected chi connectivity index (χ3v) is 3.48. The highest BCUT2D eigenvalue weighted by molar-refractivity contribution is 9.10. The zero-order valence-electron chi connectivity index (χ0n) is 10.9. The summed E-state index contributed by atoms with van der Waals surface area (Å²) in [4.78, 5) is 12.1. The maximum atomic E-state index is 12.1. The maximum absolute atomic E-state index is 12.1. The van der Waals surface area contributed by atoms with Gasteiger partial charge in [0.05, 0.1) is 0 Å². The van der Waals surface area contributed by atoms with Crippen LogP contribution in [0.5, 0.6) is 0 Å². The Labute approximate surface area is 129 Å². The van der Waals surface area contributed by atoms with Gasteiger partial charge in [0.2, 0.25) is 0 Å². The molecule has 0 saturated heterocycles. The Balaban J connectivity index is 1.74. The third kappa shape index (κ3) is 3.17. The van der Waals surface area contributed by atoms with Gasteiger partial charge in [-0.1, -0.05) is 15.9 Å². The smallest absolute Gasteiger partial charge is 0.255 e. The van der Waals surface area contributed by atoms with E-state index in [2.05, 4.69) is 31.4 Å². The molecule has 3 rings (SSSR count). The Morgan fingerprint density at radius 3 is 2.19 bits per heavy atom. The Morgan fingerprint density at radius 1 is 0.952 bits per heavy atom. The van der Waals surface area contributed by atoms with Crippen LogP contribution in [0.2, 0.25) is 0 Å². The number of rotatable bonds is 3. The number of amides is 1. The SMILES string of the molecule is O=C(Nc1ccc(Br)cc1)c1ccc(-n2cnnc2)cc1. The van der Waals surface area contributed by atoms with Gasteiger partial charge in [-0.3, -0.25) is 9.36 Å². The predicted molar refractivity (Wildman–Crippen MR) is 83.5 cm³/mol. The number of hydrogen-bond acceptors (Lipinski definition) is 3. The molecular formula is C15H11BrN4O. The van der Waals surface area contributed by atoms with Gasteiger partial charge in [-0.25, -0.2) is 0 Å². The van der Waals surface area contributed by atoms with Gasteiger partial charge in [0, 0.05) is 21.4 Å². The summed E-state index contributed by atoms with van der Waals surface area (Å²) in [5, 5.41) is 10.3. The minimum atomic E-state index is -0.146. The third-order valence-electron chi connectivity index (χ3n) is 2.95. The van der Waals surface area contributed by atoms with Crippen molar-refractivity contribution in [2.45, 2.75) is 0 Å². The zero-order chi connectivity index (χ0) is 14.7. The minimum Gasteiger partial charge on any atom is -0.322 e. The molecule has 6 heteroatoms. The van der Waals surface area contributed by atoms with Gasteiger partial charge >= 0.3 is 0 Å². The summed E-state index contributed by atoms with van der Waals surface area (Å²) < 4.78 is 2.75. The summed E-state index contributed by atoms with van der Waals surface area (Å²) in [5.41, 5.74) is 2.25. The molecule has 0 saturated carbocycles. The fourth-order valence-electron chi connectivity index (χ4n) is 1.86. The molecule has 2 aromatic carbocycles. The lowest BCUT2D eigenvalue weighted by atomic mass is 10.2. The van der Waals surface area contributed by atoms with Gasteiger partial charge in [-0.2, -0.15) is 0 Å². The van der Waals surface area contributed by atoms with Crippen LogP contribution in [0.1, 0.15) is 10.4 Å². The number of halogens is 1. The average Bonchev–Trinajstić information content (AvgIpc) is 3.04. The van der Waals surface area contributed by atoms with Gasteiger partial charge in [-0.15, -0.1) is 10.2 Å². The molecule has 0 radical (unpaired) electrons. The first-order chi connectivity index (χ1) is 10.2. The summed E-state index contributed by atoms with van der Waals surface area (Å²) in [6, 6.07) is 14.7. The van der Waals surface area contributed by atoms with E-state index >= 15 is 0 Å². The lowest BCUT2D eigenvalue weighted by Crippen LogP contribution is -2.11. The Hall–Kier alpha value is -2.47. The normalized spacial score (nSPS) is 10.3. The van der Waals surface area contributed by atoms with Crippen LogP contribution in [0, 0.1) is 0 Å². The number of aromatic nitrogens is 3. The van der Waals surface area contributed by atoms with Gasteiger partial charge in [0.1, 0.15) is 12.7 Å². The Kier molecular flexibility index (Phi) is 3.79. The van der Waals surface area contributed by atoms with Crippen molar-refractivity contribution in [1.82, 2.24) is 14.8 Å². The molecule has 0 fully saturated rings.